The molecular formula is C17H12BrClN2O4. The number of nitriles is 1. The van der Waals surface area contributed by atoms with E-state index in [9.17, 15) is 14.9 Å². The number of methoxy groups -OCH3 is 2. The van der Waals surface area contributed by atoms with Crippen LogP contribution < -0.4 is 4.90 Å². The molecule has 1 aliphatic rings. The lowest BCUT2D eigenvalue weighted by Gasteiger charge is -2.25. The molecule has 0 aromatic heterocycles. The maximum Gasteiger partial charge on any atom is 0.355 e. The van der Waals surface area contributed by atoms with E-state index in [0.29, 0.717) is 10.2 Å². The average molecular weight is 424 g/mol. The first-order valence-electron chi connectivity index (χ1n) is 6.89. The van der Waals surface area contributed by atoms with Gasteiger partial charge in [-0.3, -0.25) is 0 Å². The van der Waals surface area contributed by atoms with Crippen molar-refractivity contribution >= 4 is 45.2 Å². The topological polar surface area (TPSA) is 79.6 Å². The van der Waals surface area contributed by atoms with Crippen LogP contribution in [0.4, 0.5) is 5.69 Å². The third-order valence-electron chi connectivity index (χ3n) is 3.32. The first kappa shape index (κ1) is 18.8. The molecule has 0 bridgehead atoms. The van der Waals surface area contributed by atoms with Gasteiger partial charge in [0.2, 0.25) is 0 Å². The van der Waals surface area contributed by atoms with Crippen LogP contribution >= 0.6 is 27.5 Å². The van der Waals surface area contributed by atoms with Crippen LogP contribution in [0.1, 0.15) is 5.56 Å². The zero-order chi connectivity index (χ0) is 18.6. The molecule has 1 aromatic rings. The maximum absolute atomic E-state index is 12.4. The van der Waals surface area contributed by atoms with E-state index in [4.69, 9.17) is 21.1 Å². The van der Waals surface area contributed by atoms with Crippen molar-refractivity contribution in [1.82, 2.24) is 0 Å². The number of halogens is 2. The molecule has 8 heteroatoms. The number of carbonyl (C=O) groups is 2. The third kappa shape index (κ3) is 3.60. The number of ether oxygens (including phenoxy) is 2. The lowest BCUT2D eigenvalue weighted by Crippen LogP contribution is -2.27. The van der Waals surface area contributed by atoms with Crippen LogP contribution in [0, 0.1) is 11.3 Å². The molecule has 1 heterocycles. The van der Waals surface area contributed by atoms with Crippen LogP contribution in [0.5, 0.6) is 0 Å². The van der Waals surface area contributed by atoms with Crippen LogP contribution in [0.3, 0.4) is 0 Å². The highest BCUT2D eigenvalue weighted by molar-refractivity contribution is 9.10. The number of nitrogens with zero attached hydrogens (tertiary/aromatic N) is 2. The highest BCUT2D eigenvalue weighted by atomic mass is 79.9. The molecule has 128 valence electrons. The van der Waals surface area contributed by atoms with Gasteiger partial charge in [-0.1, -0.05) is 17.7 Å². The summed E-state index contributed by atoms with van der Waals surface area (Å²) >= 11 is 9.70. The van der Waals surface area contributed by atoms with Crippen molar-refractivity contribution in [3.63, 3.8) is 0 Å². The van der Waals surface area contributed by atoms with Gasteiger partial charge in [-0.2, -0.15) is 5.26 Å². The van der Waals surface area contributed by atoms with Gasteiger partial charge in [0.05, 0.1) is 36.1 Å². The summed E-state index contributed by atoms with van der Waals surface area (Å²) < 4.78 is 10.1. The Morgan fingerprint density at radius 2 is 1.88 bits per heavy atom. The van der Waals surface area contributed by atoms with Gasteiger partial charge in [0.25, 0.3) is 0 Å². The Kier molecular flexibility index (Phi) is 6.02. The Morgan fingerprint density at radius 1 is 1.20 bits per heavy atom. The van der Waals surface area contributed by atoms with Gasteiger partial charge in [0.15, 0.2) is 0 Å². The summed E-state index contributed by atoms with van der Waals surface area (Å²) in [4.78, 5) is 25.9. The van der Waals surface area contributed by atoms with Gasteiger partial charge in [0, 0.05) is 10.7 Å². The monoisotopic (exact) mass is 422 g/mol. The van der Waals surface area contributed by atoms with E-state index in [1.54, 1.807) is 24.3 Å². The summed E-state index contributed by atoms with van der Waals surface area (Å²) in [6.07, 6.45) is 6.15. The van der Waals surface area contributed by atoms with Crippen molar-refractivity contribution in [2.45, 2.75) is 0 Å². The molecular weight excluding hydrogens is 412 g/mol. The lowest BCUT2D eigenvalue weighted by atomic mass is 10.1. The minimum absolute atomic E-state index is 0.00956. The average Bonchev–Trinajstić information content (AvgIpc) is 2.83. The molecule has 0 fully saturated rings. The minimum Gasteiger partial charge on any atom is -0.465 e. The Balaban J connectivity index is 2.81. The fourth-order valence-corrected chi connectivity index (χ4v) is 3.12. The van der Waals surface area contributed by atoms with Gasteiger partial charge >= 0.3 is 11.9 Å². The fraction of sp³-hybridized carbons (Fsp3) is 0.118. The number of rotatable bonds is 3. The fourth-order valence-electron chi connectivity index (χ4n) is 2.18. The van der Waals surface area contributed by atoms with Crippen molar-refractivity contribution < 1.29 is 19.1 Å². The molecule has 0 saturated carbocycles. The standard InChI is InChI=1S/C17H12BrClN2O4/c1-24-16(22)11-5-3-4-8-21(14(11)17(23)25-2)15-12(18)7-6-10(9-20)13(15)19/h3-8H,1-2H3. The maximum atomic E-state index is 12.4. The molecule has 0 spiro atoms. The molecule has 0 aliphatic carbocycles. The van der Waals surface area contributed by atoms with Gasteiger partial charge < -0.3 is 14.4 Å². The van der Waals surface area contributed by atoms with Gasteiger partial charge in [-0.05, 0) is 40.2 Å². The minimum atomic E-state index is -0.762. The Hall–Kier alpha value is -2.56. The van der Waals surface area contributed by atoms with Crippen LogP contribution in [-0.4, -0.2) is 26.2 Å². The number of esters is 2. The Bertz CT molecular complexity index is 868. The predicted molar refractivity (Wildman–Crippen MR) is 95.7 cm³/mol. The summed E-state index contributed by atoms with van der Waals surface area (Å²) in [6.45, 7) is 0. The quantitative estimate of drug-likeness (QED) is 0.693. The largest absolute Gasteiger partial charge is 0.465 e. The third-order valence-corrected chi connectivity index (χ3v) is 4.34. The molecule has 2 rings (SSSR count). The summed E-state index contributed by atoms with van der Waals surface area (Å²) in [6, 6.07) is 5.14. The number of benzene rings is 1. The van der Waals surface area contributed by atoms with Crippen LogP contribution in [-0.2, 0) is 19.1 Å². The van der Waals surface area contributed by atoms with Crippen LogP contribution in [0.2, 0.25) is 5.02 Å². The molecule has 0 saturated heterocycles. The summed E-state index contributed by atoms with van der Waals surface area (Å²) in [7, 11) is 2.41. The van der Waals surface area contributed by atoms with Gasteiger partial charge in [0.1, 0.15) is 11.8 Å². The second-order valence-electron chi connectivity index (χ2n) is 4.69. The highest BCUT2D eigenvalue weighted by Gasteiger charge is 2.30. The predicted octanol–water partition coefficient (Wildman–Crippen LogP) is 3.46. The number of hydrogen-bond donors (Lipinski definition) is 0. The van der Waals surface area contributed by atoms with E-state index in [1.807, 2.05) is 6.07 Å². The molecule has 25 heavy (non-hydrogen) atoms. The van der Waals surface area contributed by atoms with Crippen molar-refractivity contribution in [1.29, 1.82) is 5.26 Å². The molecule has 0 unspecified atom stereocenters. The van der Waals surface area contributed by atoms with Crippen molar-refractivity contribution in [2.75, 3.05) is 19.1 Å². The van der Waals surface area contributed by atoms with E-state index in [1.165, 1.54) is 31.4 Å². The molecule has 0 radical (unpaired) electrons. The molecule has 0 N–H and O–H groups in total. The molecule has 6 nitrogen and oxygen atoms in total. The van der Waals surface area contributed by atoms with E-state index >= 15 is 0 Å². The van der Waals surface area contributed by atoms with E-state index in [2.05, 4.69) is 15.9 Å². The second kappa shape index (κ2) is 8.01. The summed E-state index contributed by atoms with van der Waals surface area (Å²) in [5.74, 6) is -1.48. The Morgan fingerprint density at radius 3 is 2.48 bits per heavy atom. The zero-order valence-electron chi connectivity index (χ0n) is 13.2. The first-order chi connectivity index (χ1) is 12.0. The van der Waals surface area contributed by atoms with Crippen LogP contribution in [0.15, 0.2) is 52.3 Å². The first-order valence-corrected chi connectivity index (χ1v) is 8.06. The summed E-state index contributed by atoms with van der Waals surface area (Å²) in [5, 5.41) is 9.33. The lowest BCUT2D eigenvalue weighted by molar-refractivity contribution is -0.139. The summed E-state index contributed by atoms with van der Waals surface area (Å²) in [5.41, 5.74) is 0.443. The number of anilines is 1. The van der Waals surface area contributed by atoms with E-state index in [0.717, 1.165) is 0 Å². The number of carbonyl (C=O) groups excluding carboxylic acids is 2. The van der Waals surface area contributed by atoms with Crippen molar-refractivity contribution in [3.8, 4) is 6.07 Å². The highest BCUT2D eigenvalue weighted by Crippen LogP contribution is 2.39. The SMILES string of the molecule is COC(=O)C1=C(C(=O)OC)N(c2c(Br)ccc(C#N)c2Cl)C=CC=C1. The van der Waals surface area contributed by atoms with Gasteiger partial charge in [-0.25, -0.2) is 9.59 Å². The molecule has 0 atom stereocenters. The van der Waals surface area contributed by atoms with Crippen molar-refractivity contribution in [3.05, 3.63) is 62.9 Å². The van der Waals surface area contributed by atoms with Crippen molar-refractivity contribution in [2.24, 2.45) is 0 Å². The smallest absolute Gasteiger partial charge is 0.355 e. The Labute approximate surface area is 157 Å². The molecule has 1 aromatic carbocycles. The second-order valence-corrected chi connectivity index (χ2v) is 5.92. The van der Waals surface area contributed by atoms with Gasteiger partial charge in [-0.15, -0.1) is 0 Å². The molecule has 1 aliphatic heterocycles. The number of hydrogen-bond acceptors (Lipinski definition) is 6. The zero-order valence-corrected chi connectivity index (χ0v) is 15.6. The molecule has 0 amide bonds. The normalized spacial score (nSPS) is 13.3. The number of allylic oxidation sites excluding steroid dienone is 2. The van der Waals surface area contributed by atoms with E-state index in [-0.39, 0.29) is 21.9 Å². The van der Waals surface area contributed by atoms with E-state index < -0.39 is 11.9 Å². The van der Waals surface area contributed by atoms with Crippen LogP contribution in [0.25, 0.3) is 0 Å².